The third-order valence-electron chi connectivity index (χ3n) is 4.62. The third-order valence-corrected chi connectivity index (χ3v) is 5.26. The maximum atomic E-state index is 4.67. The second kappa shape index (κ2) is 6.32. The molecule has 5 aromatic rings. The molecular weight excluding hydrogens is 338 g/mol. The van der Waals surface area contributed by atoms with Crippen LogP contribution in [0.25, 0.3) is 32.9 Å². The molecule has 0 unspecified atom stereocenters. The van der Waals surface area contributed by atoms with Gasteiger partial charge in [0, 0.05) is 40.3 Å². The summed E-state index contributed by atoms with van der Waals surface area (Å²) in [6, 6.07) is 19.1. The van der Waals surface area contributed by atoms with Crippen molar-refractivity contribution in [2.75, 3.05) is 0 Å². The summed E-state index contributed by atoms with van der Waals surface area (Å²) >= 11 is 1.50. The van der Waals surface area contributed by atoms with Crippen LogP contribution in [0.15, 0.2) is 78.6 Å². The molecule has 0 bridgehead atoms. The fourth-order valence-electron chi connectivity index (χ4n) is 3.43. The topological polar surface area (TPSA) is 38.7 Å². The van der Waals surface area contributed by atoms with Gasteiger partial charge in [0.1, 0.15) is 0 Å². The summed E-state index contributed by atoms with van der Waals surface area (Å²) in [7, 11) is 0. The van der Waals surface area contributed by atoms with Crippen molar-refractivity contribution >= 4 is 33.3 Å². The van der Waals surface area contributed by atoms with E-state index in [-0.39, 0.29) is 0 Å². The Kier molecular flexibility index (Phi) is 3.68. The molecule has 0 radical (unpaired) electrons. The molecule has 5 rings (SSSR count). The zero-order chi connectivity index (χ0) is 17.3. The van der Waals surface area contributed by atoms with Crippen LogP contribution in [-0.2, 0) is 6.42 Å². The van der Waals surface area contributed by atoms with Crippen LogP contribution in [0.2, 0.25) is 0 Å². The minimum Gasteiger partial charge on any atom is -0.265 e. The average molecular weight is 353 g/mol. The van der Waals surface area contributed by atoms with Gasteiger partial charge in [0.25, 0.3) is 0 Å². The van der Waals surface area contributed by atoms with Crippen LogP contribution in [-0.4, -0.2) is 14.3 Å². The van der Waals surface area contributed by atoms with Crippen molar-refractivity contribution in [3.63, 3.8) is 0 Å². The Labute approximate surface area is 155 Å². The summed E-state index contributed by atoms with van der Waals surface area (Å²) in [5.41, 5.74) is 6.95. The quantitative estimate of drug-likeness (QED) is 0.430. The van der Waals surface area contributed by atoms with Crippen molar-refractivity contribution in [2.45, 2.75) is 6.42 Å². The van der Waals surface area contributed by atoms with Crippen LogP contribution in [0.1, 0.15) is 11.1 Å². The van der Waals surface area contributed by atoms with Gasteiger partial charge >= 0.3 is 0 Å². The molecule has 4 heteroatoms. The monoisotopic (exact) mass is 353 g/mol. The van der Waals surface area contributed by atoms with Crippen molar-refractivity contribution in [3.8, 4) is 11.1 Å². The molecule has 0 amide bonds. The largest absolute Gasteiger partial charge is 0.265 e. The van der Waals surface area contributed by atoms with Crippen LogP contribution < -0.4 is 0 Å². The van der Waals surface area contributed by atoms with Crippen molar-refractivity contribution in [3.05, 3.63) is 89.7 Å². The second-order valence-corrected chi connectivity index (χ2v) is 6.93. The minimum atomic E-state index is 0.873. The predicted molar refractivity (Wildman–Crippen MR) is 107 cm³/mol. The van der Waals surface area contributed by atoms with Crippen molar-refractivity contribution in [2.24, 2.45) is 0 Å². The highest BCUT2D eigenvalue weighted by Crippen LogP contribution is 2.34. The first-order chi connectivity index (χ1) is 12.9. The molecule has 26 heavy (non-hydrogen) atoms. The van der Waals surface area contributed by atoms with E-state index in [1.807, 2.05) is 24.7 Å². The maximum Gasteiger partial charge on any atom is 0.0846 e. The van der Waals surface area contributed by atoms with Gasteiger partial charge in [-0.2, -0.15) is 4.37 Å². The molecule has 0 aliphatic carbocycles. The molecule has 2 aromatic carbocycles. The number of pyridine rings is 2. The van der Waals surface area contributed by atoms with Crippen LogP contribution in [0, 0.1) is 0 Å². The summed E-state index contributed by atoms with van der Waals surface area (Å²) in [6.07, 6.45) is 6.42. The highest BCUT2D eigenvalue weighted by Gasteiger charge is 2.12. The molecule has 3 aromatic heterocycles. The highest BCUT2D eigenvalue weighted by molar-refractivity contribution is 7.04. The molecule has 0 atom stereocenters. The summed E-state index contributed by atoms with van der Waals surface area (Å²) in [4.78, 5) is 8.78. The van der Waals surface area contributed by atoms with Crippen molar-refractivity contribution in [1.29, 1.82) is 0 Å². The van der Waals surface area contributed by atoms with Gasteiger partial charge in [0.2, 0.25) is 0 Å². The van der Waals surface area contributed by atoms with Gasteiger partial charge in [-0.25, -0.2) is 0 Å². The number of hydrogen-bond donors (Lipinski definition) is 0. The van der Waals surface area contributed by atoms with Crippen LogP contribution in [0.5, 0.6) is 0 Å². The van der Waals surface area contributed by atoms with E-state index in [1.165, 1.54) is 33.6 Å². The van der Waals surface area contributed by atoms with E-state index in [2.05, 4.69) is 68.3 Å². The summed E-state index contributed by atoms with van der Waals surface area (Å²) in [5.74, 6) is 0. The lowest BCUT2D eigenvalue weighted by atomic mass is 9.94. The Balaban J connectivity index is 1.74. The molecule has 0 saturated heterocycles. The van der Waals surface area contributed by atoms with Gasteiger partial charge in [-0.3, -0.25) is 9.97 Å². The Bertz CT molecular complexity index is 1210. The Morgan fingerprint density at radius 1 is 0.808 bits per heavy atom. The molecule has 3 nitrogen and oxygen atoms in total. The standard InChI is InChI=1S/C22H15N3S/c1-4-18(20-14-26-25-21(20)5-1)19-13-16(11-15-6-9-23-10-7-15)12-17-3-2-8-24-22(17)19/h1-10,12-14H,11H2. The summed E-state index contributed by atoms with van der Waals surface area (Å²) in [6.45, 7) is 0. The molecule has 0 saturated carbocycles. The summed E-state index contributed by atoms with van der Waals surface area (Å²) in [5, 5.41) is 4.47. The van der Waals surface area contributed by atoms with E-state index in [0.29, 0.717) is 0 Å². The fourth-order valence-corrected chi connectivity index (χ4v) is 4.10. The Hall–Kier alpha value is -3.11. The number of benzene rings is 2. The second-order valence-electron chi connectivity index (χ2n) is 6.30. The van der Waals surface area contributed by atoms with Gasteiger partial charge in [0.05, 0.1) is 11.0 Å². The SMILES string of the molecule is c1cnc2c(-c3cccc4nscc34)cc(Cc3ccncc3)cc2c1. The van der Waals surface area contributed by atoms with E-state index in [9.17, 15) is 0 Å². The van der Waals surface area contributed by atoms with E-state index in [0.717, 1.165) is 28.4 Å². The number of rotatable bonds is 3. The Morgan fingerprint density at radius 2 is 1.73 bits per heavy atom. The zero-order valence-electron chi connectivity index (χ0n) is 14.0. The highest BCUT2D eigenvalue weighted by atomic mass is 32.1. The molecular formula is C22H15N3S. The van der Waals surface area contributed by atoms with Crippen LogP contribution in [0.4, 0.5) is 0 Å². The van der Waals surface area contributed by atoms with E-state index >= 15 is 0 Å². The molecule has 0 aliphatic heterocycles. The van der Waals surface area contributed by atoms with Gasteiger partial charge < -0.3 is 0 Å². The number of nitrogens with zero attached hydrogens (tertiary/aromatic N) is 3. The van der Waals surface area contributed by atoms with E-state index in [4.69, 9.17) is 0 Å². The first-order valence-corrected chi connectivity index (χ1v) is 9.32. The normalized spacial score (nSPS) is 11.2. The lowest BCUT2D eigenvalue weighted by Crippen LogP contribution is -1.93. The first-order valence-electron chi connectivity index (χ1n) is 8.48. The molecule has 0 N–H and O–H groups in total. The average Bonchev–Trinajstić information content (AvgIpc) is 3.17. The molecule has 0 fully saturated rings. The lowest BCUT2D eigenvalue weighted by molar-refractivity contribution is 1.17. The van der Waals surface area contributed by atoms with Crippen LogP contribution >= 0.6 is 11.5 Å². The van der Waals surface area contributed by atoms with Gasteiger partial charge in [-0.15, -0.1) is 0 Å². The Morgan fingerprint density at radius 3 is 2.65 bits per heavy atom. The van der Waals surface area contributed by atoms with Crippen LogP contribution in [0.3, 0.4) is 0 Å². The zero-order valence-corrected chi connectivity index (χ0v) is 14.8. The maximum absolute atomic E-state index is 4.67. The smallest absolute Gasteiger partial charge is 0.0846 e. The number of aromatic nitrogens is 3. The number of hydrogen-bond acceptors (Lipinski definition) is 4. The van der Waals surface area contributed by atoms with E-state index in [1.54, 1.807) is 0 Å². The minimum absolute atomic E-state index is 0.873. The molecule has 124 valence electrons. The first kappa shape index (κ1) is 15.2. The van der Waals surface area contributed by atoms with Crippen molar-refractivity contribution < 1.29 is 0 Å². The molecule has 3 heterocycles. The summed E-state index contributed by atoms with van der Waals surface area (Å²) < 4.78 is 4.49. The van der Waals surface area contributed by atoms with Gasteiger partial charge in [0.15, 0.2) is 0 Å². The van der Waals surface area contributed by atoms with Gasteiger partial charge in [-0.05, 0) is 71.0 Å². The lowest BCUT2D eigenvalue weighted by Gasteiger charge is -2.11. The molecule has 0 aliphatic rings. The van der Waals surface area contributed by atoms with E-state index < -0.39 is 0 Å². The third kappa shape index (κ3) is 2.65. The fraction of sp³-hybridized carbons (Fsp3) is 0.0455. The number of fused-ring (bicyclic) bond motifs is 2. The molecule has 0 spiro atoms. The predicted octanol–water partition coefficient (Wildman–Crippen LogP) is 5.50. The van der Waals surface area contributed by atoms with Gasteiger partial charge in [-0.1, -0.05) is 18.2 Å². The van der Waals surface area contributed by atoms with Crippen molar-refractivity contribution in [1.82, 2.24) is 14.3 Å².